The summed E-state index contributed by atoms with van der Waals surface area (Å²) in [4.78, 5) is 15.0. The van der Waals surface area contributed by atoms with Gasteiger partial charge in [-0.25, -0.2) is 0 Å². The van der Waals surface area contributed by atoms with Crippen LogP contribution in [0.2, 0.25) is 0 Å². The highest BCUT2D eigenvalue weighted by atomic mass is 16.2. The van der Waals surface area contributed by atoms with Gasteiger partial charge in [0.05, 0.1) is 11.9 Å². The molecule has 152 valence electrons. The van der Waals surface area contributed by atoms with Gasteiger partial charge in [0.2, 0.25) is 0 Å². The first-order valence-electron chi connectivity index (χ1n) is 10.5. The van der Waals surface area contributed by atoms with E-state index in [2.05, 4.69) is 53.4 Å². The maximum absolute atomic E-state index is 13.0. The van der Waals surface area contributed by atoms with E-state index in [-0.39, 0.29) is 5.91 Å². The molecule has 0 bridgehead atoms. The second-order valence-electron chi connectivity index (χ2n) is 8.03. The summed E-state index contributed by atoms with van der Waals surface area (Å²) < 4.78 is 1.73. The van der Waals surface area contributed by atoms with Gasteiger partial charge in [-0.3, -0.25) is 14.6 Å². The van der Waals surface area contributed by atoms with Gasteiger partial charge < -0.3 is 4.90 Å². The molecule has 1 aromatic carbocycles. The Bertz CT molecular complexity index is 994. The fourth-order valence-electron chi connectivity index (χ4n) is 4.29. The molecule has 0 radical (unpaired) electrons. The number of hydrogen-bond donors (Lipinski definition) is 1. The molecule has 0 unspecified atom stereocenters. The molecule has 1 amide bonds. The fourth-order valence-corrected chi connectivity index (χ4v) is 4.29. The summed E-state index contributed by atoms with van der Waals surface area (Å²) >= 11 is 0. The van der Waals surface area contributed by atoms with Crippen molar-refractivity contribution >= 4 is 5.91 Å². The molecule has 3 heterocycles. The van der Waals surface area contributed by atoms with E-state index in [4.69, 9.17) is 0 Å². The predicted molar refractivity (Wildman–Crippen MR) is 114 cm³/mol. The van der Waals surface area contributed by atoms with Gasteiger partial charge in [-0.15, -0.1) is 0 Å². The molecule has 0 aliphatic carbocycles. The molecule has 1 N–H and O–H groups in total. The Morgan fingerprint density at radius 1 is 1.24 bits per heavy atom. The largest absolute Gasteiger partial charge is 0.337 e. The van der Waals surface area contributed by atoms with E-state index < -0.39 is 0 Å². The Morgan fingerprint density at radius 2 is 2.03 bits per heavy atom. The smallest absolute Gasteiger partial charge is 0.272 e. The van der Waals surface area contributed by atoms with Crippen LogP contribution < -0.4 is 0 Å². The Balaban J connectivity index is 1.45. The van der Waals surface area contributed by atoms with E-state index in [9.17, 15) is 4.79 Å². The van der Waals surface area contributed by atoms with Crippen molar-refractivity contribution in [3.63, 3.8) is 0 Å². The average Bonchev–Trinajstić information content (AvgIpc) is 3.35. The van der Waals surface area contributed by atoms with Crippen LogP contribution in [0.4, 0.5) is 0 Å². The van der Waals surface area contributed by atoms with Crippen LogP contribution in [-0.2, 0) is 13.5 Å². The lowest BCUT2D eigenvalue weighted by molar-refractivity contribution is 0.0701. The number of carbonyl (C=O) groups excluding carboxylic acids is 1. The zero-order valence-electron chi connectivity index (χ0n) is 17.5. The van der Waals surface area contributed by atoms with Crippen molar-refractivity contribution in [1.29, 1.82) is 0 Å². The molecule has 1 fully saturated rings. The lowest BCUT2D eigenvalue weighted by Crippen LogP contribution is -2.38. The van der Waals surface area contributed by atoms with E-state index in [0.29, 0.717) is 11.6 Å². The average molecular weight is 392 g/mol. The maximum atomic E-state index is 13.0. The number of amides is 1. The van der Waals surface area contributed by atoms with E-state index >= 15 is 0 Å². The number of hydrogen-bond acceptors (Lipinski definition) is 3. The minimum atomic E-state index is 0.0873. The molecule has 0 saturated carbocycles. The molecule has 4 rings (SSSR count). The van der Waals surface area contributed by atoms with Crippen molar-refractivity contribution in [2.24, 2.45) is 7.05 Å². The zero-order chi connectivity index (χ0) is 20.4. The van der Waals surface area contributed by atoms with Crippen molar-refractivity contribution in [3.05, 3.63) is 59.2 Å². The molecule has 1 saturated heterocycles. The number of aryl methyl sites for hydroxylation is 3. The highest BCUT2D eigenvalue weighted by Gasteiger charge is 2.28. The number of aromatic amines is 1. The molecule has 3 aromatic rings. The summed E-state index contributed by atoms with van der Waals surface area (Å²) in [5, 5.41) is 12.0. The van der Waals surface area contributed by atoms with Crippen molar-refractivity contribution in [2.75, 3.05) is 13.1 Å². The van der Waals surface area contributed by atoms with Crippen LogP contribution >= 0.6 is 0 Å². The van der Waals surface area contributed by atoms with Gasteiger partial charge in [0.15, 0.2) is 0 Å². The molecule has 0 spiro atoms. The molecule has 29 heavy (non-hydrogen) atoms. The van der Waals surface area contributed by atoms with Crippen LogP contribution in [0, 0.1) is 6.92 Å². The van der Waals surface area contributed by atoms with Crippen LogP contribution in [0.3, 0.4) is 0 Å². The summed E-state index contributed by atoms with van der Waals surface area (Å²) in [7, 11) is 1.86. The molecule has 6 heteroatoms. The van der Waals surface area contributed by atoms with Crippen molar-refractivity contribution in [1.82, 2.24) is 24.9 Å². The summed E-state index contributed by atoms with van der Waals surface area (Å²) in [6.45, 7) is 5.74. The molecule has 2 aromatic heterocycles. The van der Waals surface area contributed by atoms with Crippen molar-refractivity contribution < 1.29 is 4.79 Å². The Hall–Kier alpha value is -2.89. The standard InChI is InChI=1S/C23H29N5O/c1-4-6-19-14-21(27(3)26-19)23(29)28-11-9-17(10-12-28)22-20(15-24-25-22)18-8-5-7-16(2)13-18/h5,7-8,13-15,17H,4,6,9-12H2,1-3H3,(H,24,25). The second kappa shape index (κ2) is 8.23. The predicted octanol–water partition coefficient (Wildman–Crippen LogP) is 4.09. The third kappa shape index (κ3) is 3.97. The Labute approximate surface area is 171 Å². The summed E-state index contributed by atoms with van der Waals surface area (Å²) in [6.07, 6.45) is 5.74. The van der Waals surface area contributed by atoms with E-state index in [1.54, 1.807) is 4.68 Å². The highest BCUT2D eigenvalue weighted by Crippen LogP contribution is 2.34. The summed E-state index contributed by atoms with van der Waals surface area (Å²) in [5.41, 5.74) is 6.49. The van der Waals surface area contributed by atoms with Gasteiger partial charge in [-0.1, -0.05) is 43.2 Å². The van der Waals surface area contributed by atoms with Gasteiger partial charge in [-0.2, -0.15) is 10.2 Å². The summed E-state index contributed by atoms with van der Waals surface area (Å²) in [6, 6.07) is 10.5. The highest BCUT2D eigenvalue weighted by molar-refractivity contribution is 5.92. The number of nitrogens with one attached hydrogen (secondary N) is 1. The van der Waals surface area contributed by atoms with Crippen LogP contribution in [-0.4, -0.2) is 43.9 Å². The first-order chi connectivity index (χ1) is 14.1. The van der Waals surface area contributed by atoms with Crippen molar-refractivity contribution in [3.8, 4) is 11.1 Å². The second-order valence-corrected chi connectivity index (χ2v) is 8.03. The van der Waals surface area contributed by atoms with Crippen LogP contribution in [0.25, 0.3) is 11.1 Å². The first kappa shape index (κ1) is 19.4. The molecule has 6 nitrogen and oxygen atoms in total. The lowest BCUT2D eigenvalue weighted by atomic mass is 9.89. The number of aromatic nitrogens is 4. The van der Waals surface area contributed by atoms with Crippen LogP contribution in [0.5, 0.6) is 0 Å². The molecule has 1 aliphatic rings. The lowest BCUT2D eigenvalue weighted by Gasteiger charge is -2.32. The monoisotopic (exact) mass is 391 g/mol. The number of nitrogens with zero attached hydrogens (tertiary/aromatic N) is 4. The normalized spacial score (nSPS) is 15.1. The molecular weight excluding hydrogens is 362 g/mol. The van der Waals surface area contributed by atoms with E-state index in [0.717, 1.165) is 44.5 Å². The first-order valence-corrected chi connectivity index (χ1v) is 10.5. The van der Waals surface area contributed by atoms with E-state index in [1.165, 1.54) is 22.4 Å². The Kier molecular flexibility index (Phi) is 5.51. The molecule has 0 atom stereocenters. The minimum absolute atomic E-state index is 0.0873. The quantitative estimate of drug-likeness (QED) is 0.712. The van der Waals surface area contributed by atoms with Gasteiger partial charge in [0, 0.05) is 37.3 Å². The van der Waals surface area contributed by atoms with Crippen molar-refractivity contribution in [2.45, 2.75) is 45.4 Å². The third-order valence-electron chi connectivity index (χ3n) is 5.84. The number of piperidine rings is 1. The topological polar surface area (TPSA) is 66.8 Å². The minimum Gasteiger partial charge on any atom is -0.337 e. The summed E-state index contributed by atoms with van der Waals surface area (Å²) in [5.74, 6) is 0.476. The molecule has 1 aliphatic heterocycles. The van der Waals surface area contributed by atoms with Gasteiger partial charge in [0.1, 0.15) is 5.69 Å². The van der Waals surface area contributed by atoms with Crippen LogP contribution in [0.15, 0.2) is 36.5 Å². The van der Waals surface area contributed by atoms with Gasteiger partial charge in [-0.05, 0) is 37.8 Å². The number of likely N-dealkylation sites (tertiary alicyclic amines) is 1. The Morgan fingerprint density at radius 3 is 2.76 bits per heavy atom. The number of rotatable bonds is 5. The SMILES string of the molecule is CCCc1cc(C(=O)N2CCC(c3[nH]ncc3-c3cccc(C)c3)CC2)n(C)n1. The van der Waals surface area contributed by atoms with Gasteiger partial charge in [0.25, 0.3) is 5.91 Å². The molecular formula is C23H29N5O. The zero-order valence-corrected chi connectivity index (χ0v) is 17.5. The third-order valence-corrected chi connectivity index (χ3v) is 5.84. The number of H-pyrrole nitrogens is 1. The number of benzene rings is 1. The maximum Gasteiger partial charge on any atom is 0.272 e. The van der Waals surface area contributed by atoms with E-state index in [1.807, 2.05) is 24.2 Å². The van der Waals surface area contributed by atoms with Crippen LogP contribution in [0.1, 0.15) is 59.5 Å². The number of carbonyl (C=O) groups is 1. The van der Waals surface area contributed by atoms with Gasteiger partial charge >= 0.3 is 0 Å². The fraction of sp³-hybridized carbons (Fsp3) is 0.435.